The van der Waals surface area contributed by atoms with Gasteiger partial charge in [0.25, 0.3) is 0 Å². The summed E-state index contributed by atoms with van der Waals surface area (Å²) < 4.78 is 9.68. The molecule has 0 aliphatic heterocycles. The van der Waals surface area contributed by atoms with Gasteiger partial charge in [0, 0.05) is 0 Å². The second-order valence-corrected chi connectivity index (χ2v) is 4.96. The lowest BCUT2D eigenvalue weighted by Crippen LogP contribution is -2.46. The number of nitrogens with two attached hydrogens (primary N) is 2. The molecule has 0 radical (unpaired) electrons. The Balaban J connectivity index is 4.02. The van der Waals surface area contributed by atoms with Crippen LogP contribution in [-0.2, 0) is 28.7 Å². The maximum absolute atomic E-state index is 11.4. The molecule has 2 atom stereocenters. The van der Waals surface area contributed by atoms with E-state index in [1.165, 1.54) is 0 Å². The van der Waals surface area contributed by atoms with Crippen LogP contribution in [0.4, 0.5) is 0 Å². The highest BCUT2D eigenvalue weighted by Crippen LogP contribution is 2.09. The van der Waals surface area contributed by atoms with Crippen molar-refractivity contribution in [2.24, 2.45) is 17.4 Å². The fraction of sp³-hybridized carbons (Fsp3) is 0.714. The molecule has 0 spiro atoms. The molecule has 23 heavy (non-hydrogen) atoms. The van der Waals surface area contributed by atoms with Crippen LogP contribution < -0.4 is 11.5 Å². The van der Waals surface area contributed by atoms with Crippen molar-refractivity contribution in [3.05, 3.63) is 0 Å². The van der Waals surface area contributed by atoms with Gasteiger partial charge >= 0.3 is 17.9 Å². The molecule has 132 valence electrons. The molecule has 0 rings (SSSR count). The first-order valence-electron chi connectivity index (χ1n) is 7.38. The SMILES string of the molecule is CCCCOC(=O)CCC(=O)OCCC(C(=O)O)[C@@H](N)C(N)=O. The van der Waals surface area contributed by atoms with Gasteiger partial charge in [-0.15, -0.1) is 0 Å². The van der Waals surface area contributed by atoms with Gasteiger partial charge < -0.3 is 26.0 Å². The molecule has 0 aromatic carbocycles. The van der Waals surface area contributed by atoms with Crippen molar-refractivity contribution in [1.29, 1.82) is 0 Å². The number of unbranched alkanes of at least 4 members (excludes halogenated alkanes) is 1. The Hall–Kier alpha value is -2.16. The maximum atomic E-state index is 11.4. The van der Waals surface area contributed by atoms with Crippen LogP contribution in [0.15, 0.2) is 0 Å². The van der Waals surface area contributed by atoms with Crippen LogP contribution in [0.5, 0.6) is 0 Å². The summed E-state index contributed by atoms with van der Waals surface area (Å²) in [5.41, 5.74) is 10.3. The molecule has 0 aliphatic carbocycles. The fourth-order valence-electron chi connectivity index (χ4n) is 1.63. The summed E-state index contributed by atoms with van der Waals surface area (Å²) in [6.07, 6.45) is 1.24. The lowest BCUT2D eigenvalue weighted by molar-refractivity contribution is -0.152. The summed E-state index contributed by atoms with van der Waals surface area (Å²) in [4.78, 5) is 44.6. The van der Waals surface area contributed by atoms with E-state index in [0.29, 0.717) is 6.61 Å². The molecule has 0 fully saturated rings. The molecule has 9 nitrogen and oxygen atoms in total. The van der Waals surface area contributed by atoms with E-state index in [2.05, 4.69) is 0 Å². The van der Waals surface area contributed by atoms with Gasteiger partial charge in [-0.05, 0) is 12.8 Å². The van der Waals surface area contributed by atoms with Gasteiger partial charge in [-0.3, -0.25) is 19.2 Å². The molecule has 0 heterocycles. The summed E-state index contributed by atoms with van der Waals surface area (Å²) in [6.45, 7) is 2.04. The molecule has 0 aliphatic rings. The van der Waals surface area contributed by atoms with Crippen LogP contribution in [0.1, 0.15) is 39.0 Å². The third kappa shape index (κ3) is 9.46. The molecule has 0 saturated carbocycles. The number of amides is 1. The molecule has 1 amide bonds. The highest BCUT2D eigenvalue weighted by atomic mass is 16.5. The zero-order valence-electron chi connectivity index (χ0n) is 13.2. The lowest BCUT2D eigenvalue weighted by atomic mass is 9.97. The number of carboxylic acids is 1. The monoisotopic (exact) mass is 332 g/mol. The predicted octanol–water partition coefficient (Wildman–Crippen LogP) is -0.443. The van der Waals surface area contributed by atoms with Crippen LogP contribution in [0.25, 0.3) is 0 Å². The van der Waals surface area contributed by atoms with Crippen molar-refractivity contribution >= 4 is 23.8 Å². The third-order valence-corrected chi connectivity index (χ3v) is 3.07. The minimum Gasteiger partial charge on any atom is -0.481 e. The molecule has 0 saturated heterocycles. The number of carbonyl (C=O) groups excluding carboxylic acids is 3. The Bertz CT molecular complexity index is 425. The van der Waals surface area contributed by atoms with Crippen molar-refractivity contribution in [3.8, 4) is 0 Å². The van der Waals surface area contributed by atoms with Crippen molar-refractivity contribution < 1.29 is 33.8 Å². The van der Waals surface area contributed by atoms with Crippen molar-refractivity contribution in [1.82, 2.24) is 0 Å². The van der Waals surface area contributed by atoms with E-state index in [0.717, 1.165) is 12.8 Å². The second kappa shape index (κ2) is 11.4. The summed E-state index contributed by atoms with van der Waals surface area (Å²) in [5.74, 6) is -4.63. The quantitative estimate of drug-likeness (QED) is 0.320. The zero-order chi connectivity index (χ0) is 17.8. The molecule has 9 heteroatoms. The fourth-order valence-corrected chi connectivity index (χ4v) is 1.63. The standard InChI is InChI=1S/C14H24N2O7/c1-2-3-7-22-10(17)4-5-11(18)23-8-6-9(14(20)21)12(15)13(16)19/h9,12H,2-8,15H2,1H3,(H2,16,19)(H,20,21)/t9?,12-/m1/s1. The number of primary amides is 1. The van der Waals surface area contributed by atoms with Crippen LogP contribution in [0.2, 0.25) is 0 Å². The topological polar surface area (TPSA) is 159 Å². The number of carbonyl (C=O) groups is 4. The van der Waals surface area contributed by atoms with Crippen molar-refractivity contribution in [3.63, 3.8) is 0 Å². The highest BCUT2D eigenvalue weighted by molar-refractivity contribution is 5.86. The largest absolute Gasteiger partial charge is 0.481 e. The average molecular weight is 332 g/mol. The highest BCUT2D eigenvalue weighted by Gasteiger charge is 2.29. The molecular weight excluding hydrogens is 308 g/mol. The van der Waals surface area contributed by atoms with Crippen LogP contribution >= 0.6 is 0 Å². The van der Waals surface area contributed by atoms with E-state index in [1.807, 2.05) is 6.92 Å². The Morgan fingerprint density at radius 1 is 1.04 bits per heavy atom. The van der Waals surface area contributed by atoms with E-state index < -0.39 is 35.8 Å². The first kappa shape index (κ1) is 20.8. The summed E-state index contributed by atoms with van der Waals surface area (Å²) >= 11 is 0. The van der Waals surface area contributed by atoms with Gasteiger partial charge in [0.1, 0.15) is 0 Å². The Kier molecular flexibility index (Phi) is 10.3. The summed E-state index contributed by atoms with van der Waals surface area (Å²) in [5, 5.41) is 8.95. The Morgan fingerprint density at radius 2 is 1.57 bits per heavy atom. The Morgan fingerprint density at radius 3 is 2.00 bits per heavy atom. The predicted molar refractivity (Wildman–Crippen MR) is 79.0 cm³/mol. The summed E-state index contributed by atoms with van der Waals surface area (Å²) in [6, 6.07) is -1.36. The van der Waals surface area contributed by atoms with Gasteiger partial charge in [0.2, 0.25) is 5.91 Å². The molecule has 0 aromatic heterocycles. The van der Waals surface area contributed by atoms with Gasteiger partial charge in [-0.1, -0.05) is 13.3 Å². The number of hydrogen-bond donors (Lipinski definition) is 3. The Labute approximate surface area is 134 Å². The van der Waals surface area contributed by atoms with Gasteiger partial charge in [0.15, 0.2) is 0 Å². The van der Waals surface area contributed by atoms with E-state index >= 15 is 0 Å². The lowest BCUT2D eigenvalue weighted by Gasteiger charge is -2.16. The van der Waals surface area contributed by atoms with Gasteiger partial charge in [0.05, 0.1) is 38.0 Å². The molecular formula is C14H24N2O7. The van der Waals surface area contributed by atoms with Crippen LogP contribution in [-0.4, -0.2) is 48.2 Å². The number of hydrogen-bond acceptors (Lipinski definition) is 7. The number of rotatable bonds is 12. The first-order chi connectivity index (χ1) is 10.8. The second-order valence-electron chi connectivity index (χ2n) is 4.96. The van der Waals surface area contributed by atoms with E-state index in [4.69, 9.17) is 26.0 Å². The maximum Gasteiger partial charge on any atom is 0.308 e. The van der Waals surface area contributed by atoms with E-state index in [9.17, 15) is 19.2 Å². The van der Waals surface area contributed by atoms with Crippen molar-refractivity contribution in [2.45, 2.75) is 45.1 Å². The van der Waals surface area contributed by atoms with Crippen LogP contribution in [0.3, 0.4) is 0 Å². The number of ether oxygens (including phenoxy) is 2. The normalized spacial score (nSPS) is 13.0. The van der Waals surface area contributed by atoms with E-state index in [-0.39, 0.29) is 25.9 Å². The minimum atomic E-state index is -1.36. The zero-order valence-corrected chi connectivity index (χ0v) is 13.2. The third-order valence-electron chi connectivity index (χ3n) is 3.07. The van der Waals surface area contributed by atoms with E-state index in [1.54, 1.807) is 0 Å². The average Bonchev–Trinajstić information content (AvgIpc) is 2.48. The molecule has 5 N–H and O–H groups in total. The van der Waals surface area contributed by atoms with Gasteiger partial charge in [-0.2, -0.15) is 0 Å². The number of carboxylic acid groups (broad SMARTS) is 1. The minimum absolute atomic E-state index is 0.105. The van der Waals surface area contributed by atoms with Crippen molar-refractivity contribution in [2.75, 3.05) is 13.2 Å². The van der Waals surface area contributed by atoms with Crippen LogP contribution in [0, 0.1) is 5.92 Å². The number of esters is 2. The molecule has 0 bridgehead atoms. The first-order valence-corrected chi connectivity index (χ1v) is 7.38. The smallest absolute Gasteiger partial charge is 0.308 e. The summed E-state index contributed by atoms with van der Waals surface area (Å²) in [7, 11) is 0. The molecule has 0 aromatic rings. The van der Waals surface area contributed by atoms with Gasteiger partial charge in [-0.25, -0.2) is 0 Å². The molecule has 1 unspecified atom stereocenters. The number of aliphatic carboxylic acids is 1.